The Bertz CT molecular complexity index is 1370. The highest BCUT2D eigenvalue weighted by molar-refractivity contribution is 5.71. The van der Waals surface area contributed by atoms with Gasteiger partial charge >= 0.3 is 17.9 Å². The molecule has 0 radical (unpaired) electrons. The lowest BCUT2D eigenvalue weighted by Gasteiger charge is -2.18. The van der Waals surface area contributed by atoms with Crippen LogP contribution in [0.25, 0.3) is 0 Å². The minimum Gasteiger partial charge on any atom is -0.462 e. The van der Waals surface area contributed by atoms with Gasteiger partial charge in [0.05, 0.1) is 0 Å². The maximum atomic E-state index is 12.9. The van der Waals surface area contributed by atoms with E-state index in [1.54, 1.807) is 0 Å². The van der Waals surface area contributed by atoms with E-state index in [1.165, 1.54) is 135 Å². The van der Waals surface area contributed by atoms with Gasteiger partial charge < -0.3 is 14.2 Å². The smallest absolute Gasteiger partial charge is 0.306 e. The van der Waals surface area contributed by atoms with Gasteiger partial charge in [0, 0.05) is 19.3 Å². The molecule has 0 aliphatic carbocycles. The van der Waals surface area contributed by atoms with E-state index in [4.69, 9.17) is 14.2 Å². The Labute approximate surface area is 439 Å². The van der Waals surface area contributed by atoms with Crippen LogP contribution >= 0.6 is 0 Å². The number of hydrogen-bond acceptors (Lipinski definition) is 6. The number of carbonyl (C=O) groups excluding carboxylic acids is 3. The fourth-order valence-electron chi connectivity index (χ4n) is 8.38. The molecular formula is C65H112O6. The van der Waals surface area contributed by atoms with Crippen LogP contribution in [0.3, 0.4) is 0 Å². The predicted molar refractivity (Wildman–Crippen MR) is 307 cm³/mol. The van der Waals surface area contributed by atoms with Gasteiger partial charge in [0.25, 0.3) is 0 Å². The highest BCUT2D eigenvalue weighted by atomic mass is 16.6. The van der Waals surface area contributed by atoms with Gasteiger partial charge in [0.15, 0.2) is 6.10 Å². The van der Waals surface area contributed by atoms with Crippen molar-refractivity contribution in [1.29, 1.82) is 0 Å². The quantitative estimate of drug-likeness (QED) is 0.0261. The molecule has 0 heterocycles. The monoisotopic (exact) mass is 989 g/mol. The average molecular weight is 990 g/mol. The summed E-state index contributed by atoms with van der Waals surface area (Å²) >= 11 is 0. The van der Waals surface area contributed by atoms with E-state index in [-0.39, 0.29) is 31.1 Å². The van der Waals surface area contributed by atoms with Gasteiger partial charge in [-0.2, -0.15) is 0 Å². The summed E-state index contributed by atoms with van der Waals surface area (Å²) in [4.78, 5) is 38.2. The average Bonchev–Trinajstić information content (AvgIpc) is 3.37. The second kappa shape index (κ2) is 59.2. The van der Waals surface area contributed by atoms with Crippen molar-refractivity contribution in [3.8, 4) is 0 Å². The zero-order chi connectivity index (χ0) is 51.4. The van der Waals surface area contributed by atoms with E-state index in [2.05, 4.69) is 106 Å². The number of allylic oxidation sites excluding steroid dienone is 14. The molecule has 0 aliphatic heterocycles. The molecule has 6 heteroatoms. The zero-order valence-electron chi connectivity index (χ0n) is 46.7. The summed E-state index contributed by atoms with van der Waals surface area (Å²) in [5, 5.41) is 0. The maximum absolute atomic E-state index is 12.9. The Morgan fingerprint density at radius 3 is 0.859 bits per heavy atom. The van der Waals surface area contributed by atoms with Gasteiger partial charge in [-0.25, -0.2) is 0 Å². The van der Waals surface area contributed by atoms with Crippen LogP contribution in [-0.4, -0.2) is 37.2 Å². The SMILES string of the molecule is CC/C=C\C/C=C\C/C=C\C/C=C\C/C=C\CCCCCCCC(=O)OCC(COC(=O)CCCCCCCCCCCCC)OC(=O)CCCCCCCCCCC/C=C\C/C=C\CCCCCCC. The molecule has 0 spiro atoms. The Morgan fingerprint density at radius 2 is 0.549 bits per heavy atom. The summed E-state index contributed by atoms with van der Waals surface area (Å²) in [7, 11) is 0. The number of unbranched alkanes of at least 4 members (excludes halogenated alkanes) is 29. The molecule has 0 aromatic heterocycles. The summed E-state index contributed by atoms with van der Waals surface area (Å²) in [6.45, 7) is 6.51. The summed E-state index contributed by atoms with van der Waals surface area (Å²) in [5.41, 5.74) is 0. The minimum absolute atomic E-state index is 0.0826. The van der Waals surface area contributed by atoms with E-state index in [1.807, 2.05) is 0 Å². The molecule has 0 aliphatic rings. The number of esters is 3. The topological polar surface area (TPSA) is 78.9 Å². The molecule has 0 N–H and O–H groups in total. The third-order valence-corrected chi connectivity index (χ3v) is 12.9. The van der Waals surface area contributed by atoms with Gasteiger partial charge in [0.2, 0.25) is 0 Å². The Hall–Kier alpha value is -3.41. The van der Waals surface area contributed by atoms with Crippen molar-refractivity contribution in [1.82, 2.24) is 0 Å². The van der Waals surface area contributed by atoms with Crippen LogP contribution in [0.1, 0.15) is 290 Å². The van der Waals surface area contributed by atoms with Crippen molar-refractivity contribution in [2.75, 3.05) is 13.2 Å². The van der Waals surface area contributed by atoms with E-state index in [0.29, 0.717) is 19.3 Å². The highest BCUT2D eigenvalue weighted by Crippen LogP contribution is 2.15. The summed E-state index contributed by atoms with van der Waals surface area (Å²) in [6, 6.07) is 0. The molecule has 6 nitrogen and oxygen atoms in total. The fraction of sp³-hybridized carbons (Fsp3) is 0.738. The third kappa shape index (κ3) is 57.4. The van der Waals surface area contributed by atoms with Crippen molar-refractivity contribution in [3.63, 3.8) is 0 Å². The molecule has 0 rings (SSSR count). The molecule has 1 atom stereocenters. The predicted octanol–water partition coefficient (Wildman–Crippen LogP) is 20.3. The number of hydrogen-bond donors (Lipinski definition) is 0. The highest BCUT2D eigenvalue weighted by Gasteiger charge is 2.19. The molecule has 0 saturated heterocycles. The van der Waals surface area contributed by atoms with Gasteiger partial charge in [0.1, 0.15) is 13.2 Å². The lowest BCUT2D eigenvalue weighted by atomic mass is 10.1. The molecule has 0 fully saturated rings. The molecule has 0 saturated carbocycles. The summed E-state index contributed by atoms with van der Waals surface area (Å²) < 4.78 is 16.9. The van der Waals surface area contributed by atoms with Gasteiger partial charge in [-0.05, 0) is 96.3 Å². The van der Waals surface area contributed by atoms with Crippen molar-refractivity contribution in [2.45, 2.75) is 297 Å². The summed E-state index contributed by atoms with van der Waals surface area (Å²) in [6.07, 6.45) is 77.2. The summed E-state index contributed by atoms with van der Waals surface area (Å²) in [5.74, 6) is -0.899. The van der Waals surface area contributed by atoms with Gasteiger partial charge in [-0.1, -0.05) is 260 Å². The Balaban J connectivity index is 4.36. The Kier molecular flexibility index (Phi) is 56.3. The molecule has 0 aromatic rings. The van der Waals surface area contributed by atoms with Crippen LogP contribution in [0.2, 0.25) is 0 Å². The van der Waals surface area contributed by atoms with Crippen LogP contribution in [0.5, 0.6) is 0 Å². The van der Waals surface area contributed by atoms with Crippen LogP contribution in [0.15, 0.2) is 85.1 Å². The first-order valence-electron chi connectivity index (χ1n) is 30.1. The second-order valence-electron chi connectivity index (χ2n) is 19.9. The molecule has 0 aromatic carbocycles. The first-order valence-corrected chi connectivity index (χ1v) is 30.1. The van der Waals surface area contributed by atoms with Gasteiger partial charge in [-0.15, -0.1) is 0 Å². The lowest BCUT2D eigenvalue weighted by Crippen LogP contribution is -2.30. The fourth-order valence-corrected chi connectivity index (χ4v) is 8.38. The van der Waals surface area contributed by atoms with Crippen LogP contribution in [0.4, 0.5) is 0 Å². The normalized spacial score (nSPS) is 12.7. The van der Waals surface area contributed by atoms with Crippen LogP contribution in [0, 0.1) is 0 Å². The largest absolute Gasteiger partial charge is 0.462 e. The zero-order valence-corrected chi connectivity index (χ0v) is 46.7. The standard InChI is InChI=1S/C65H112O6/c1-4-7-10-13-16-19-22-24-26-28-30-32-34-36-38-40-43-46-49-52-55-58-64(67)70-61-62(60-69-63(66)57-54-51-48-45-42-21-18-15-12-9-6-3)71-65(68)59-56-53-50-47-44-41-39-37-35-33-31-29-27-25-23-20-17-14-11-8-5-2/h7,10,16,19,23-26,29-32,36,38,62H,4-6,8-9,11-15,17-18,20-22,27-28,33-35,37,39-61H2,1-3H3/b10-7-,19-16-,25-23-,26-24-,31-29-,32-30-,38-36-. The molecule has 71 heavy (non-hydrogen) atoms. The molecule has 408 valence electrons. The van der Waals surface area contributed by atoms with Gasteiger partial charge in [-0.3, -0.25) is 14.4 Å². The first-order chi connectivity index (χ1) is 35.0. The number of carbonyl (C=O) groups is 3. The van der Waals surface area contributed by atoms with Crippen molar-refractivity contribution < 1.29 is 28.6 Å². The van der Waals surface area contributed by atoms with Crippen molar-refractivity contribution in [2.24, 2.45) is 0 Å². The third-order valence-electron chi connectivity index (χ3n) is 12.9. The molecule has 1 unspecified atom stereocenters. The van der Waals surface area contributed by atoms with Crippen LogP contribution < -0.4 is 0 Å². The van der Waals surface area contributed by atoms with Crippen molar-refractivity contribution in [3.05, 3.63) is 85.1 Å². The lowest BCUT2D eigenvalue weighted by molar-refractivity contribution is -0.167. The van der Waals surface area contributed by atoms with Crippen molar-refractivity contribution >= 4 is 17.9 Å². The minimum atomic E-state index is -0.786. The molecular weight excluding hydrogens is 877 g/mol. The number of rotatable bonds is 54. The Morgan fingerprint density at radius 1 is 0.296 bits per heavy atom. The van der Waals surface area contributed by atoms with E-state index < -0.39 is 6.10 Å². The molecule has 0 amide bonds. The van der Waals surface area contributed by atoms with E-state index in [0.717, 1.165) is 116 Å². The van der Waals surface area contributed by atoms with E-state index >= 15 is 0 Å². The number of ether oxygens (including phenoxy) is 3. The van der Waals surface area contributed by atoms with Crippen LogP contribution in [-0.2, 0) is 28.6 Å². The second-order valence-corrected chi connectivity index (χ2v) is 19.9. The first kappa shape index (κ1) is 67.6. The van der Waals surface area contributed by atoms with E-state index in [9.17, 15) is 14.4 Å². The molecule has 0 bridgehead atoms. The maximum Gasteiger partial charge on any atom is 0.306 e.